The lowest BCUT2D eigenvalue weighted by Gasteiger charge is -2.26. The third-order valence-electron chi connectivity index (χ3n) is 4.61. The Kier molecular flexibility index (Phi) is 6.84. The van der Waals surface area contributed by atoms with Crippen molar-refractivity contribution in [2.45, 2.75) is 4.90 Å². The average molecular weight is 382 g/mol. The van der Waals surface area contributed by atoms with Gasteiger partial charge in [0, 0.05) is 30.5 Å². The lowest BCUT2D eigenvalue weighted by molar-refractivity contribution is -0.905. The van der Waals surface area contributed by atoms with E-state index < -0.39 is 4.92 Å². The monoisotopic (exact) mass is 382 g/mol. The van der Waals surface area contributed by atoms with Gasteiger partial charge in [-0.2, -0.15) is 0 Å². The van der Waals surface area contributed by atoms with Crippen molar-refractivity contribution in [3.8, 4) is 0 Å². The number of ether oxygens (including phenoxy) is 2. The van der Waals surface area contributed by atoms with Crippen LogP contribution in [0.1, 0.15) is 10.4 Å². The van der Waals surface area contributed by atoms with Gasteiger partial charge in [-0.1, -0.05) is 0 Å². The topological polar surface area (TPSA) is 86.3 Å². The fourth-order valence-electron chi connectivity index (χ4n) is 3.08. The Balaban J connectivity index is 1.64. The maximum absolute atomic E-state index is 12.5. The first-order chi connectivity index (χ1) is 12.6. The number of nitrogens with one attached hydrogen (secondary N) is 1. The second-order valence-electron chi connectivity index (χ2n) is 6.31. The SMILES string of the molecule is O=C(c1ccc(SCC[NH+]2CCOCC2)c([N+](=O)[O-])c1)N1CCOCC1. The largest absolute Gasteiger partial charge is 0.378 e. The Morgan fingerprint density at radius 3 is 2.58 bits per heavy atom. The first-order valence-electron chi connectivity index (χ1n) is 8.85. The van der Waals surface area contributed by atoms with E-state index >= 15 is 0 Å². The summed E-state index contributed by atoms with van der Waals surface area (Å²) in [7, 11) is 0. The number of rotatable bonds is 6. The Bertz CT molecular complexity index is 645. The predicted molar refractivity (Wildman–Crippen MR) is 96.9 cm³/mol. The van der Waals surface area contributed by atoms with Crippen molar-refractivity contribution in [2.75, 3.05) is 64.9 Å². The molecule has 0 radical (unpaired) electrons. The van der Waals surface area contributed by atoms with Crippen LogP contribution in [0.15, 0.2) is 23.1 Å². The molecule has 1 N–H and O–H groups in total. The lowest BCUT2D eigenvalue weighted by atomic mass is 10.1. The smallest absolute Gasteiger partial charge is 0.283 e. The number of nitro benzene ring substituents is 1. The summed E-state index contributed by atoms with van der Waals surface area (Å²) >= 11 is 1.48. The molecule has 1 amide bonds. The van der Waals surface area contributed by atoms with Crippen molar-refractivity contribution < 1.29 is 24.1 Å². The van der Waals surface area contributed by atoms with Gasteiger partial charge in [0.1, 0.15) is 13.1 Å². The van der Waals surface area contributed by atoms with Crippen LogP contribution in [0.4, 0.5) is 5.69 Å². The Morgan fingerprint density at radius 2 is 1.88 bits per heavy atom. The van der Waals surface area contributed by atoms with Gasteiger partial charge < -0.3 is 19.3 Å². The van der Waals surface area contributed by atoms with E-state index in [9.17, 15) is 14.9 Å². The third kappa shape index (κ3) is 4.94. The summed E-state index contributed by atoms with van der Waals surface area (Å²) in [5, 5.41) is 11.5. The molecular weight excluding hydrogens is 358 g/mol. The van der Waals surface area contributed by atoms with E-state index in [4.69, 9.17) is 9.47 Å². The van der Waals surface area contributed by atoms with Crippen LogP contribution in [0.2, 0.25) is 0 Å². The molecule has 2 heterocycles. The van der Waals surface area contributed by atoms with Gasteiger partial charge in [-0.3, -0.25) is 14.9 Å². The van der Waals surface area contributed by atoms with Gasteiger partial charge >= 0.3 is 0 Å². The number of benzene rings is 1. The summed E-state index contributed by atoms with van der Waals surface area (Å²) in [4.78, 5) is 27.3. The van der Waals surface area contributed by atoms with Gasteiger partial charge in [-0.25, -0.2) is 0 Å². The lowest BCUT2D eigenvalue weighted by Crippen LogP contribution is -3.14. The highest BCUT2D eigenvalue weighted by molar-refractivity contribution is 7.99. The number of nitrogens with zero attached hydrogens (tertiary/aromatic N) is 2. The van der Waals surface area contributed by atoms with Crippen molar-refractivity contribution >= 4 is 23.4 Å². The van der Waals surface area contributed by atoms with Gasteiger partial charge in [0.15, 0.2) is 0 Å². The molecule has 2 saturated heterocycles. The van der Waals surface area contributed by atoms with Gasteiger partial charge in [-0.15, -0.1) is 11.8 Å². The quantitative estimate of drug-likeness (QED) is 0.426. The molecule has 142 valence electrons. The van der Waals surface area contributed by atoms with Crippen molar-refractivity contribution in [3.63, 3.8) is 0 Å². The van der Waals surface area contributed by atoms with E-state index in [1.807, 2.05) is 0 Å². The summed E-state index contributed by atoms with van der Waals surface area (Å²) in [6.07, 6.45) is 0. The van der Waals surface area contributed by atoms with Gasteiger partial charge in [0.2, 0.25) is 0 Å². The maximum Gasteiger partial charge on any atom is 0.283 e. The van der Waals surface area contributed by atoms with Gasteiger partial charge in [-0.05, 0) is 12.1 Å². The first-order valence-corrected chi connectivity index (χ1v) is 9.83. The van der Waals surface area contributed by atoms with Crippen LogP contribution in [0.25, 0.3) is 0 Å². The minimum absolute atomic E-state index is 0.00564. The normalized spacial score (nSPS) is 18.7. The Morgan fingerprint density at radius 1 is 1.19 bits per heavy atom. The number of carbonyl (C=O) groups excluding carboxylic acids is 1. The molecule has 2 aliphatic heterocycles. The second kappa shape index (κ2) is 9.31. The molecule has 0 aromatic heterocycles. The molecule has 0 atom stereocenters. The maximum atomic E-state index is 12.5. The van der Waals surface area contributed by atoms with Crippen LogP contribution < -0.4 is 4.90 Å². The molecule has 1 aromatic rings. The summed E-state index contributed by atoms with van der Waals surface area (Å²) in [6, 6.07) is 4.79. The van der Waals surface area contributed by atoms with Gasteiger partial charge in [0.25, 0.3) is 11.6 Å². The van der Waals surface area contributed by atoms with Crippen LogP contribution in [0.5, 0.6) is 0 Å². The zero-order chi connectivity index (χ0) is 18.4. The summed E-state index contributed by atoms with van der Waals surface area (Å²) in [5.74, 6) is 0.623. The molecule has 3 rings (SSSR count). The highest BCUT2D eigenvalue weighted by Crippen LogP contribution is 2.30. The molecule has 0 bridgehead atoms. The van der Waals surface area contributed by atoms with E-state index in [1.165, 1.54) is 22.7 Å². The van der Waals surface area contributed by atoms with Crippen LogP contribution >= 0.6 is 11.8 Å². The highest BCUT2D eigenvalue weighted by Gasteiger charge is 2.23. The van der Waals surface area contributed by atoms with E-state index in [0.29, 0.717) is 36.8 Å². The number of nitro groups is 1. The third-order valence-corrected chi connectivity index (χ3v) is 5.68. The molecule has 26 heavy (non-hydrogen) atoms. The molecule has 1 aromatic carbocycles. The fraction of sp³-hybridized carbons (Fsp3) is 0.588. The molecule has 8 nitrogen and oxygen atoms in total. The van der Waals surface area contributed by atoms with Crippen LogP contribution in [0.3, 0.4) is 0 Å². The molecule has 0 aliphatic carbocycles. The van der Waals surface area contributed by atoms with Crippen molar-refractivity contribution in [2.24, 2.45) is 0 Å². The highest BCUT2D eigenvalue weighted by atomic mass is 32.2. The molecule has 0 unspecified atom stereocenters. The van der Waals surface area contributed by atoms with E-state index in [1.54, 1.807) is 17.0 Å². The van der Waals surface area contributed by atoms with Crippen LogP contribution in [-0.2, 0) is 9.47 Å². The molecule has 0 saturated carbocycles. The van der Waals surface area contributed by atoms with E-state index in [2.05, 4.69) is 0 Å². The van der Waals surface area contributed by atoms with Crippen LogP contribution in [-0.4, -0.2) is 80.6 Å². The van der Waals surface area contributed by atoms with Crippen molar-refractivity contribution in [3.05, 3.63) is 33.9 Å². The summed E-state index contributed by atoms with van der Waals surface area (Å²) in [5.41, 5.74) is 0.368. The van der Waals surface area contributed by atoms with Crippen molar-refractivity contribution in [1.82, 2.24) is 4.90 Å². The minimum atomic E-state index is -0.403. The zero-order valence-electron chi connectivity index (χ0n) is 14.6. The van der Waals surface area contributed by atoms with Crippen LogP contribution in [0, 0.1) is 10.1 Å². The summed E-state index contributed by atoms with van der Waals surface area (Å²) < 4.78 is 10.6. The van der Waals surface area contributed by atoms with Gasteiger partial charge in [0.05, 0.1) is 42.8 Å². The number of quaternary nitrogens is 1. The minimum Gasteiger partial charge on any atom is -0.378 e. The van der Waals surface area contributed by atoms with E-state index in [-0.39, 0.29) is 11.6 Å². The second-order valence-corrected chi connectivity index (χ2v) is 7.44. The average Bonchev–Trinajstić information content (AvgIpc) is 2.69. The number of hydrogen-bond donors (Lipinski definition) is 1. The number of thioether (sulfide) groups is 1. The first kappa shape index (κ1) is 19.1. The predicted octanol–water partition coefficient (Wildman–Crippen LogP) is 0.0744. The standard InChI is InChI=1S/C17H23N3O5S/c21-17(19-5-10-25-11-6-19)14-1-2-16(15(13-14)20(22)23)26-12-7-18-3-8-24-9-4-18/h1-2,13H,3-12H2/p+1. The number of carbonyl (C=O) groups is 1. The molecule has 0 spiro atoms. The molecular formula is C17H24N3O5S+. The fourth-order valence-corrected chi connectivity index (χ4v) is 4.14. The van der Waals surface area contributed by atoms with E-state index in [0.717, 1.165) is 38.6 Å². The molecule has 2 aliphatic rings. The Labute approximate surface area is 156 Å². The molecule has 9 heteroatoms. The number of hydrogen-bond acceptors (Lipinski definition) is 6. The molecule has 2 fully saturated rings. The zero-order valence-corrected chi connectivity index (χ0v) is 15.5. The van der Waals surface area contributed by atoms with Crippen molar-refractivity contribution in [1.29, 1.82) is 0 Å². The number of morpholine rings is 2. The Hall–Kier alpha value is -1.68. The summed E-state index contributed by atoms with van der Waals surface area (Å²) in [6.45, 7) is 6.51. The number of amides is 1.